The topological polar surface area (TPSA) is 18.5 Å². The lowest BCUT2D eigenvalue weighted by Gasteiger charge is -2.28. The maximum Gasteiger partial charge on any atom is 0.161 e. The van der Waals surface area contributed by atoms with E-state index in [2.05, 4.69) is 45.0 Å². The summed E-state index contributed by atoms with van der Waals surface area (Å²) in [6, 6.07) is 12.5. The summed E-state index contributed by atoms with van der Waals surface area (Å²) >= 11 is 0. The summed E-state index contributed by atoms with van der Waals surface area (Å²) in [6.07, 6.45) is 0. The summed E-state index contributed by atoms with van der Waals surface area (Å²) in [5, 5.41) is 2.39. The number of hydrogen-bond acceptors (Lipinski definition) is 2. The number of fused-ring (bicyclic) bond motifs is 2. The minimum absolute atomic E-state index is 0.196. The Morgan fingerprint density at radius 1 is 0.783 bits per heavy atom. The van der Waals surface area contributed by atoms with E-state index in [1.54, 1.807) is 0 Å². The van der Waals surface area contributed by atoms with Crippen LogP contribution in [0, 0.1) is 11.3 Å². The first-order valence-corrected chi connectivity index (χ1v) is 8.82. The van der Waals surface area contributed by atoms with Crippen molar-refractivity contribution in [2.45, 2.75) is 48.5 Å². The minimum Gasteiger partial charge on any atom is -0.489 e. The van der Waals surface area contributed by atoms with Gasteiger partial charge in [-0.1, -0.05) is 72.7 Å². The predicted molar refractivity (Wildman–Crippen MR) is 101 cm³/mol. The zero-order valence-electron chi connectivity index (χ0n) is 15.8. The van der Waals surface area contributed by atoms with Gasteiger partial charge in [0.1, 0.15) is 0 Å². The van der Waals surface area contributed by atoms with Crippen LogP contribution in [0.1, 0.15) is 48.5 Å². The van der Waals surface area contributed by atoms with Crippen LogP contribution < -0.4 is 9.47 Å². The van der Waals surface area contributed by atoms with Crippen LogP contribution in [0.15, 0.2) is 36.4 Å². The van der Waals surface area contributed by atoms with Crippen molar-refractivity contribution in [1.82, 2.24) is 0 Å². The largest absolute Gasteiger partial charge is 0.489 e. The van der Waals surface area contributed by atoms with Gasteiger partial charge in [-0.2, -0.15) is 0 Å². The molecule has 3 rings (SSSR count). The Hall–Kier alpha value is -1.70. The lowest BCUT2D eigenvalue weighted by atomic mass is 9.82. The fourth-order valence-corrected chi connectivity index (χ4v) is 2.35. The molecule has 1 aliphatic heterocycles. The molecule has 128 valence electrons. The predicted octanol–water partition coefficient (Wildman–Crippen LogP) is 6.33. The van der Waals surface area contributed by atoms with Crippen molar-refractivity contribution < 1.29 is 9.47 Å². The summed E-state index contributed by atoms with van der Waals surface area (Å²) in [6.45, 7) is 16.1. The summed E-state index contributed by atoms with van der Waals surface area (Å²) in [5.41, 5.74) is 0.196. The molecule has 0 bridgehead atoms. The van der Waals surface area contributed by atoms with Crippen molar-refractivity contribution in [2.24, 2.45) is 11.3 Å². The first-order valence-electron chi connectivity index (χ1n) is 8.82. The highest BCUT2D eigenvalue weighted by atomic mass is 16.5. The standard InChI is InChI=1S/C17H20O2.2C2H6/c1-17(2,3)14-10-18-15-8-12-6-4-5-7-13(12)9-16(15)19-11-14;2*1-2/h4-9,14H,10-11H2,1-3H3;2*1-2H3. The molecule has 1 heterocycles. The molecule has 23 heavy (non-hydrogen) atoms. The summed E-state index contributed by atoms with van der Waals surface area (Å²) in [4.78, 5) is 0. The van der Waals surface area contributed by atoms with Crippen LogP contribution in [0.4, 0.5) is 0 Å². The molecule has 2 nitrogen and oxygen atoms in total. The molecule has 0 aliphatic carbocycles. The molecule has 0 amide bonds. The lowest BCUT2D eigenvalue weighted by Crippen LogP contribution is -2.30. The van der Waals surface area contributed by atoms with Crippen molar-refractivity contribution in [1.29, 1.82) is 0 Å². The molecule has 0 unspecified atom stereocenters. The fraction of sp³-hybridized carbons (Fsp3) is 0.524. The molecule has 0 fully saturated rings. The second-order valence-corrected chi connectivity index (χ2v) is 6.33. The third kappa shape index (κ3) is 4.89. The fourth-order valence-electron chi connectivity index (χ4n) is 2.35. The zero-order chi connectivity index (χ0) is 17.5. The number of hydrogen-bond donors (Lipinski definition) is 0. The average Bonchev–Trinajstić information content (AvgIpc) is 2.78. The summed E-state index contributed by atoms with van der Waals surface area (Å²) in [7, 11) is 0. The SMILES string of the molecule is CC.CC.CC(C)(C)C1COc2cc3ccccc3cc2OC1. The molecule has 0 radical (unpaired) electrons. The van der Waals surface area contributed by atoms with Gasteiger partial charge in [0.15, 0.2) is 11.5 Å². The summed E-state index contributed by atoms with van der Waals surface area (Å²) < 4.78 is 11.9. The number of ether oxygens (including phenoxy) is 2. The van der Waals surface area contributed by atoms with Gasteiger partial charge < -0.3 is 9.47 Å². The second kappa shape index (κ2) is 8.81. The molecule has 0 atom stereocenters. The van der Waals surface area contributed by atoms with E-state index in [0.717, 1.165) is 24.7 Å². The van der Waals surface area contributed by atoms with Crippen molar-refractivity contribution >= 4 is 10.8 Å². The van der Waals surface area contributed by atoms with Gasteiger partial charge in [-0.25, -0.2) is 0 Å². The van der Waals surface area contributed by atoms with Crippen LogP contribution in [-0.2, 0) is 0 Å². The van der Waals surface area contributed by atoms with E-state index in [9.17, 15) is 0 Å². The highest BCUT2D eigenvalue weighted by Gasteiger charge is 2.29. The molecule has 0 aromatic heterocycles. The van der Waals surface area contributed by atoms with E-state index >= 15 is 0 Å². The van der Waals surface area contributed by atoms with E-state index < -0.39 is 0 Å². The molecule has 2 heteroatoms. The van der Waals surface area contributed by atoms with E-state index in [1.165, 1.54) is 10.8 Å². The van der Waals surface area contributed by atoms with Gasteiger partial charge in [0, 0.05) is 5.92 Å². The van der Waals surface area contributed by atoms with Gasteiger partial charge in [-0.3, -0.25) is 0 Å². The van der Waals surface area contributed by atoms with Crippen LogP contribution in [0.3, 0.4) is 0 Å². The van der Waals surface area contributed by atoms with Crippen LogP contribution in [0.2, 0.25) is 0 Å². The van der Waals surface area contributed by atoms with Gasteiger partial charge in [0.25, 0.3) is 0 Å². The van der Waals surface area contributed by atoms with Crippen LogP contribution in [0.25, 0.3) is 10.8 Å². The Bertz CT molecular complexity index is 550. The summed E-state index contributed by atoms with van der Waals surface area (Å²) in [5.74, 6) is 2.14. The maximum absolute atomic E-state index is 5.97. The first kappa shape index (κ1) is 19.3. The van der Waals surface area contributed by atoms with E-state index in [0.29, 0.717) is 5.92 Å². The number of benzene rings is 2. The normalized spacial score (nSPS) is 14.0. The lowest BCUT2D eigenvalue weighted by molar-refractivity contribution is 0.114. The smallest absolute Gasteiger partial charge is 0.161 e. The van der Waals surface area contributed by atoms with Gasteiger partial charge in [-0.05, 0) is 28.3 Å². The quantitative estimate of drug-likeness (QED) is 0.565. The molecule has 0 spiro atoms. The van der Waals surface area contributed by atoms with E-state index in [-0.39, 0.29) is 5.41 Å². The van der Waals surface area contributed by atoms with Gasteiger partial charge in [-0.15, -0.1) is 0 Å². The Kier molecular flexibility index (Phi) is 7.41. The molecule has 0 saturated carbocycles. The van der Waals surface area contributed by atoms with E-state index in [1.807, 2.05) is 39.8 Å². The molecular formula is C21H32O2. The third-order valence-electron chi connectivity index (χ3n) is 3.92. The monoisotopic (exact) mass is 316 g/mol. The minimum atomic E-state index is 0.196. The molecule has 1 aliphatic rings. The Morgan fingerprint density at radius 3 is 1.52 bits per heavy atom. The van der Waals surface area contributed by atoms with Crippen molar-refractivity contribution in [3.63, 3.8) is 0 Å². The molecular weight excluding hydrogens is 284 g/mol. The van der Waals surface area contributed by atoms with Crippen molar-refractivity contribution in [3.05, 3.63) is 36.4 Å². The van der Waals surface area contributed by atoms with Crippen LogP contribution in [-0.4, -0.2) is 13.2 Å². The molecule has 2 aromatic carbocycles. The van der Waals surface area contributed by atoms with Crippen LogP contribution >= 0.6 is 0 Å². The highest BCUT2D eigenvalue weighted by Crippen LogP contribution is 2.37. The number of rotatable bonds is 0. The molecule has 0 saturated heterocycles. The van der Waals surface area contributed by atoms with Crippen molar-refractivity contribution in [3.8, 4) is 11.5 Å². The Labute approximate surface area is 141 Å². The van der Waals surface area contributed by atoms with Gasteiger partial charge in [0.05, 0.1) is 13.2 Å². The maximum atomic E-state index is 5.97. The Morgan fingerprint density at radius 2 is 1.17 bits per heavy atom. The van der Waals surface area contributed by atoms with Gasteiger partial charge in [0.2, 0.25) is 0 Å². The molecule has 0 N–H and O–H groups in total. The Balaban J connectivity index is 0.000000615. The van der Waals surface area contributed by atoms with E-state index in [4.69, 9.17) is 9.47 Å². The highest BCUT2D eigenvalue weighted by molar-refractivity contribution is 5.86. The van der Waals surface area contributed by atoms with Crippen LogP contribution in [0.5, 0.6) is 11.5 Å². The second-order valence-electron chi connectivity index (χ2n) is 6.33. The zero-order valence-corrected chi connectivity index (χ0v) is 15.8. The van der Waals surface area contributed by atoms with Gasteiger partial charge >= 0.3 is 0 Å². The first-order chi connectivity index (χ1) is 11.0. The molecule has 2 aromatic rings. The third-order valence-corrected chi connectivity index (χ3v) is 3.92. The average molecular weight is 316 g/mol. The van der Waals surface area contributed by atoms with Crippen molar-refractivity contribution in [2.75, 3.05) is 13.2 Å².